The van der Waals surface area contributed by atoms with Gasteiger partial charge in [0, 0.05) is 0 Å². The van der Waals surface area contributed by atoms with E-state index < -0.39 is 15.8 Å². The van der Waals surface area contributed by atoms with E-state index in [2.05, 4.69) is 13.8 Å². The van der Waals surface area contributed by atoms with Crippen LogP contribution in [0.25, 0.3) is 17.1 Å². The van der Waals surface area contributed by atoms with Crippen molar-refractivity contribution in [3.63, 3.8) is 0 Å². The van der Waals surface area contributed by atoms with Crippen LogP contribution in [0.5, 0.6) is 0 Å². The molecule has 0 amide bonds. The fourth-order valence-corrected chi connectivity index (χ4v) is 4.56. The summed E-state index contributed by atoms with van der Waals surface area (Å²) in [6.45, 7) is 5.91. The Morgan fingerprint density at radius 1 is 1.07 bits per heavy atom. The fourth-order valence-electron chi connectivity index (χ4n) is 3.41. The Morgan fingerprint density at radius 2 is 1.68 bits per heavy atom. The van der Waals surface area contributed by atoms with E-state index in [4.69, 9.17) is 5.11 Å². The lowest BCUT2D eigenvalue weighted by Gasteiger charge is -2.32. The lowest BCUT2D eigenvalue weighted by atomic mass is 9.75. The van der Waals surface area contributed by atoms with Gasteiger partial charge in [0.25, 0.3) is 0 Å². The third kappa shape index (κ3) is 3.94. The minimum Gasteiger partial charge on any atom is -0.478 e. The van der Waals surface area contributed by atoms with Crippen LogP contribution in [0.15, 0.2) is 48.5 Å². The topological polar surface area (TPSA) is 71.4 Å². The van der Waals surface area contributed by atoms with Gasteiger partial charge in [0.2, 0.25) is 0 Å². The molecule has 1 aliphatic rings. The molecule has 0 heterocycles. The van der Waals surface area contributed by atoms with Gasteiger partial charge in [-0.25, -0.2) is 13.2 Å². The average Bonchev–Trinajstić information content (AvgIpc) is 2.66. The molecule has 28 heavy (non-hydrogen) atoms. The highest BCUT2D eigenvalue weighted by atomic mass is 32.2. The summed E-state index contributed by atoms with van der Waals surface area (Å²) in [7, 11) is -3.30. The van der Waals surface area contributed by atoms with Crippen molar-refractivity contribution in [2.45, 2.75) is 32.6 Å². The van der Waals surface area contributed by atoms with E-state index in [-0.39, 0.29) is 16.7 Å². The van der Waals surface area contributed by atoms with Gasteiger partial charge in [-0.3, -0.25) is 0 Å². The number of hydrogen-bond donors (Lipinski definition) is 1. The molecule has 0 fully saturated rings. The standard InChI is InChI=1S/C23H24O4S/c1-4-28(26,27)21-13-14-23(2,3)20-12-9-17(15-19(20)21)6-5-16-7-10-18(11-8-16)22(24)25/h5-13,15H,4,14H2,1-3H3,(H,24,25)/b6-5+. The summed E-state index contributed by atoms with van der Waals surface area (Å²) in [5.74, 6) is -0.876. The second-order valence-corrected chi connectivity index (χ2v) is 9.87. The zero-order valence-corrected chi connectivity index (χ0v) is 17.1. The summed E-state index contributed by atoms with van der Waals surface area (Å²) >= 11 is 0. The van der Waals surface area contributed by atoms with Crippen molar-refractivity contribution in [1.29, 1.82) is 0 Å². The molecular formula is C23H24O4S. The number of hydrogen-bond acceptors (Lipinski definition) is 3. The summed E-state index contributed by atoms with van der Waals surface area (Å²) in [6.07, 6.45) is 6.34. The van der Waals surface area contributed by atoms with Crippen molar-refractivity contribution < 1.29 is 18.3 Å². The fraction of sp³-hybridized carbons (Fsp3) is 0.261. The van der Waals surface area contributed by atoms with E-state index in [9.17, 15) is 13.2 Å². The molecule has 1 N–H and O–H groups in total. The van der Waals surface area contributed by atoms with E-state index in [0.717, 1.165) is 22.3 Å². The number of rotatable bonds is 5. The van der Waals surface area contributed by atoms with E-state index in [1.165, 1.54) is 0 Å². The molecule has 2 aromatic carbocycles. The molecule has 1 aliphatic carbocycles. The molecule has 4 nitrogen and oxygen atoms in total. The average molecular weight is 397 g/mol. The summed E-state index contributed by atoms with van der Waals surface area (Å²) in [5.41, 5.74) is 3.73. The summed E-state index contributed by atoms with van der Waals surface area (Å²) in [6, 6.07) is 12.5. The molecular weight excluding hydrogens is 372 g/mol. The Balaban J connectivity index is 1.98. The third-order valence-corrected chi connectivity index (χ3v) is 6.99. The molecule has 0 bridgehead atoms. The van der Waals surface area contributed by atoms with E-state index in [0.29, 0.717) is 11.3 Å². The first-order chi connectivity index (χ1) is 13.1. The zero-order chi connectivity index (χ0) is 20.5. The van der Waals surface area contributed by atoms with Crippen LogP contribution in [-0.4, -0.2) is 25.2 Å². The Kier molecular flexibility index (Phi) is 5.31. The van der Waals surface area contributed by atoms with Gasteiger partial charge in [-0.05, 0) is 52.3 Å². The first-order valence-electron chi connectivity index (χ1n) is 9.23. The van der Waals surface area contributed by atoms with Crippen molar-refractivity contribution >= 4 is 32.9 Å². The lowest BCUT2D eigenvalue weighted by Crippen LogP contribution is -2.24. The second kappa shape index (κ2) is 7.40. The van der Waals surface area contributed by atoms with Crippen LogP contribution in [0.3, 0.4) is 0 Å². The lowest BCUT2D eigenvalue weighted by molar-refractivity contribution is 0.0697. The second-order valence-electron chi connectivity index (χ2n) is 7.63. The molecule has 0 saturated heterocycles. The van der Waals surface area contributed by atoms with Crippen LogP contribution >= 0.6 is 0 Å². The van der Waals surface area contributed by atoms with Crippen molar-refractivity contribution in [2.75, 3.05) is 5.75 Å². The molecule has 146 valence electrons. The number of carboxylic acid groups (broad SMARTS) is 1. The first-order valence-corrected chi connectivity index (χ1v) is 10.9. The Hall–Kier alpha value is -2.66. The van der Waals surface area contributed by atoms with E-state index in [1.807, 2.05) is 36.4 Å². The monoisotopic (exact) mass is 396 g/mol. The highest BCUT2D eigenvalue weighted by Crippen LogP contribution is 2.41. The van der Waals surface area contributed by atoms with Gasteiger partial charge in [-0.2, -0.15) is 0 Å². The van der Waals surface area contributed by atoms with Crippen LogP contribution in [-0.2, 0) is 15.3 Å². The van der Waals surface area contributed by atoms with Crippen LogP contribution in [0.2, 0.25) is 0 Å². The number of aromatic carboxylic acids is 1. The van der Waals surface area contributed by atoms with Crippen LogP contribution < -0.4 is 0 Å². The van der Waals surface area contributed by atoms with Gasteiger partial charge in [0.05, 0.1) is 16.2 Å². The van der Waals surface area contributed by atoms with Gasteiger partial charge in [-0.1, -0.05) is 63.3 Å². The van der Waals surface area contributed by atoms with Gasteiger partial charge < -0.3 is 5.11 Å². The smallest absolute Gasteiger partial charge is 0.335 e. The molecule has 3 rings (SSSR count). The van der Waals surface area contributed by atoms with Gasteiger partial charge in [0.1, 0.15) is 0 Å². The molecule has 0 spiro atoms. The molecule has 0 radical (unpaired) electrons. The van der Waals surface area contributed by atoms with E-state index >= 15 is 0 Å². The number of carbonyl (C=O) groups is 1. The minimum absolute atomic E-state index is 0.0781. The Labute approximate surface area is 166 Å². The van der Waals surface area contributed by atoms with Crippen molar-refractivity contribution in [3.8, 4) is 0 Å². The van der Waals surface area contributed by atoms with Crippen LogP contribution in [0.4, 0.5) is 0 Å². The Bertz CT molecular complexity index is 1070. The maximum Gasteiger partial charge on any atom is 0.335 e. The summed E-state index contributed by atoms with van der Waals surface area (Å²) in [5, 5.41) is 8.98. The minimum atomic E-state index is -3.30. The molecule has 0 saturated carbocycles. The maximum absolute atomic E-state index is 12.6. The number of benzene rings is 2. The van der Waals surface area contributed by atoms with Crippen molar-refractivity contribution in [3.05, 3.63) is 76.4 Å². The first kappa shape index (κ1) is 20.1. The molecule has 0 aromatic heterocycles. The van der Waals surface area contributed by atoms with Crippen molar-refractivity contribution in [1.82, 2.24) is 0 Å². The third-order valence-electron chi connectivity index (χ3n) is 5.18. The van der Waals surface area contributed by atoms with Gasteiger partial charge in [0.15, 0.2) is 9.84 Å². The SMILES string of the molecule is CCS(=O)(=O)C1=CCC(C)(C)c2ccc(/C=C/c3ccc(C(=O)O)cc3)cc21. The quantitative estimate of drug-likeness (QED) is 0.721. The zero-order valence-electron chi connectivity index (χ0n) is 16.3. The molecule has 0 atom stereocenters. The summed E-state index contributed by atoms with van der Waals surface area (Å²) in [4.78, 5) is 11.4. The largest absolute Gasteiger partial charge is 0.478 e. The molecule has 0 aliphatic heterocycles. The maximum atomic E-state index is 12.6. The number of sulfone groups is 1. The van der Waals surface area contributed by atoms with E-state index in [1.54, 1.807) is 31.2 Å². The predicted octanol–water partition coefficient (Wildman–Crippen LogP) is 5.01. The molecule has 5 heteroatoms. The van der Waals surface area contributed by atoms with Gasteiger partial charge in [-0.15, -0.1) is 0 Å². The summed E-state index contributed by atoms with van der Waals surface area (Å²) < 4.78 is 25.1. The molecule has 0 unspecified atom stereocenters. The highest BCUT2D eigenvalue weighted by molar-refractivity contribution is 8.00. The number of allylic oxidation sites excluding steroid dienone is 1. The normalized spacial score (nSPS) is 15.9. The predicted molar refractivity (Wildman–Crippen MR) is 114 cm³/mol. The number of fused-ring (bicyclic) bond motifs is 1. The molecule has 2 aromatic rings. The van der Waals surface area contributed by atoms with Crippen LogP contribution in [0.1, 0.15) is 59.8 Å². The van der Waals surface area contributed by atoms with Crippen molar-refractivity contribution in [2.24, 2.45) is 0 Å². The van der Waals surface area contributed by atoms with Crippen LogP contribution in [0, 0.1) is 0 Å². The number of carboxylic acids is 1. The Morgan fingerprint density at radius 3 is 2.29 bits per heavy atom. The van der Waals surface area contributed by atoms with Gasteiger partial charge >= 0.3 is 5.97 Å². The highest BCUT2D eigenvalue weighted by Gasteiger charge is 2.32.